The molecule has 0 fully saturated rings. The molecular weight excluding hydrogens is 249 g/mol. The summed E-state index contributed by atoms with van der Waals surface area (Å²) < 4.78 is 0. The average molecular weight is 263 g/mol. The van der Waals surface area contributed by atoms with Gasteiger partial charge in [0.25, 0.3) is 0 Å². The third-order valence-corrected chi connectivity index (χ3v) is 3.57. The summed E-state index contributed by atoms with van der Waals surface area (Å²) in [6, 6.07) is 22.7. The van der Waals surface area contributed by atoms with Crippen molar-refractivity contribution in [1.29, 1.82) is 0 Å². The van der Waals surface area contributed by atoms with Gasteiger partial charge in [0.1, 0.15) is 0 Å². The molecule has 0 amide bonds. The van der Waals surface area contributed by atoms with E-state index in [4.69, 9.17) is 0 Å². The maximum absolute atomic E-state index is 4.57. The number of aromatic nitrogens is 1. The van der Waals surface area contributed by atoms with Crippen LogP contribution in [0.25, 0.3) is 22.4 Å². The van der Waals surface area contributed by atoms with Crippen molar-refractivity contribution in [2.75, 3.05) is 0 Å². The van der Waals surface area contributed by atoms with Crippen molar-refractivity contribution in [1.82, 2.24) is 4.98 Å². The highest BCUT2D eigenvalue weighted by molar-refractivity contribution is 7.28. The summed E-state index contributed by atoms with van der Waals surface area (Å²) in [5.41, 5.74) is 4.55. The minimum atomic E-state index is 1.03. The lowest BCUT2D eigenvalue weighted by Gasteiger charge is -2.11. The second-order valence-electron chi connectivity index (χ2n) is 4.36. The molecule has 0 N–H and O–H groups in total. The van der Waals surface area contributed by atoms with Crippen LogP contribution >= 0.6 is 9.24 Å². The molecule has 0 aliphatic rings. The molecule has 1 heterocycles. The van der Waals surface area contributed by atoms with Gasteiger partial charge >= 0.3 is 0 Å². The van der Waals surface area contributed by atoms with Gasteiger partial charge in [-0.2, -0.15) is 0 Å². The van der Waals surface area contributed by atoms with Crippen LogP contribution in [0.2, 0.25) is 0 Å². The molecule has 0 bridgehead atoms. The van der Waals surface area contributed by atoms with E-state index in [2.05, 4.69) is 50.6 Å². The normalized spacial score (nSPS) is 10.4. The summed E-state index contributed by atoms with van der Waals surface area (Å²) in [6.07, 6.45) is 1.86. The molecule has 2 heteroatoms. The Morgan fingerprint density at radius 1 is 0.684 bits per heavy atom. The third kappa shape index (κ3) is 2.43. The van der Waals surface area contributed by atoms with Crippen molar-refractivity contribution in [3.63, 3.8) is 0 Å². The van der Waals surface area contributed by atoms with Crippen LogP contribution in [0.5, 0.6) is 0 Å². The molecule has 0 spiro atoms. The summed E-state index contributed by atoms with van der Waals surface area (Å²) in [7, 11) is 2.80. The summed E-state index contributed by atoms with van der Waals surface area (Å²) >= 11 is 0. The maximum Gasteiger partial charge on any atom is 0.0786 e. The van der Waals surface area contributed by atoms with Crippen LogP contribution in [-0.2, 0) is 0 Å². The average Bonchev–Trinajstić information content (AvgIpc) is 2.49. The lowest BCUT2D eigenvalue weighted by atomic mass is 9.99. The Labute approximate surface area is 115 Å². The summed E-state index contributed by atoms with van der Waals surface area (Å²) in [5.74, 6) is 0. The van der Waals surface area contributed by atoms with Gasteiger partial charge in [0.05, 0.1) is 5.69 Å². The molecule has 0 aliphatic heterocycles. The smallest absolute Gasteiger partial charge is 0.0786 e. The van der Waals surface area contributed by atoms with Gasteiger partial charge in [-0.05, 0) is 16.9 Å². The SMILES string of the molecule is Pc1ccnc(-c2ccccc2)c1-c1ccccc1. The Bertz CT molecular complexity index is 678. The molecular formula is C17H14NP. The molecule has 1 unspecified atom stereocenters. The predicted octanol–water partition coefficient (Wildman–Crippen LogP) is 3.92. The second kappa shape index (κ2) is 5.34. The number of pyridine rings is 1. The van der Waals surface area contributed by atoms with E-state index < -0.39 is 0 Å². The highest BCUT2D eigenvalue weighted by atomic mass is 31.0. The van der Waals surface area contributed by atoms with E-state index >= 15 is 0 Å². The largest absolute Gasteiger partial charge is 0.256 e. The van der Waals surface area contributed by atoms with Crippen LogP contribution in [0.1, 0.15) is 0 Å². The van der Waals surface area contributed by atoms with E-state index in [0.29, 0.717) is 0 Å². The van der Waals surface area contributed by atoms with Crippen molar-refractivity contribution in [3.8, 4) is 22.4 Å². The molecule has 2 aromatic carbocycles. The van der Waals surface area contributed by atoms with E-state index in [1.165, 1.54) is 16.4 Å². The minimum absolute atomic E-state index is 1.03. The number of rotatable bonds is 2. The lowest BCUT2D eigenvalue weighted by Crippen LogP contribution is -2.01. The van der Waals surface area contributed by atoms with Gasteiger partial charge in [-0.25, -0.2) is 0 Å². The predicted molar refractivity (Wildman–Crippen MR) is 84.5 cm³/mol. The molecule has 92 valence electrons. The van der Waals surface area contributed by atoms with Gasteiger partial charge in [0, 0.05) is 17.3 Å². The lowest BCUT2D eigenvalue weighted by molar-refractivity contribution is 1.34. The van der Waals surface area contributed by atoms with E-state index in [-0.39, 0.29) is 0 Å². The maximum atomic E-state index is 4.57. The van der Waals surface area contributed by atoms with Gasteiger partial charge in [0.2, 0.25) is 0 Å². The van der Waals surface area contributed by atoms with Gasteiger partial charge < -0.3 is 0 Å². The standard InChI is InChI=1S/C17H14NP/c19-15-11-12-18-17(14-9-5-2-6-10-14)16(15)13-7-3-1-4-8-13/h1-12H,19H2. The topological polar surface area (TPSA) is 12.9 Å². The Kier molecular flexibility index (Phi) is 3.39. The number of hydrogen-bond donors (Lipinski definition) is 0. The van der Waals surface area contributed by atoms with Crippen molar-refractivity contribution < 1.29 is 0 Å². The molecule has 0 radical (unpaired) electrons. The first-order chi connectivity index (χ1) is 9.36. The summed E-state index contributed by atoms with van der Waals surface area (Å²) in [5, 5.41) is 1.17. The summed E-state index contributed by atoms with van der Waals surface area (Å²) in [6.45, 7) is 0. The van der Waals surface area contributed by atoms with Gasteiger partial charge in [-0.1, -0.05) is 60.7 Å². The van der Waals surface area contributed by atoms with Gasteiger partial charge in [-0.3, -0.25) is 4.98 Å². The zero-order valence-corrected chi connectivity index (χ0v) is 11.6. The van der Waals surface area contributed by atoms with Crippen LogP contribution in [-0.4, -0.2) is 4.98 Å². The Morgan fingerprint density at radius 3 is 1.89 bits per heavy atom. The van der Waals surface area contributed by atoms with Crippen LogP contribution in [0.4, 0.5) is 0 Å². The zero-order chi connectivity index (χ0) is 13.1. The molecule has 1 aromatic heterocycles. The molecule has 0 aliphatic carbocycles. The third-order valence-electron chi connectivity index (χ3n) is 3.09. The molecule has 0 saturated heterocycles. The van der Waals surface area contributed by atoms with Gasteiger partial charge in [-0.15, -0.1) is 9.24 Å². The van der Waals surface area contributed by atoms with E-state index in [0.717, 1.165) is 11.3 Å². The first-order valence-electron chi connectivity index (χ1n) is 6.21. The molecule has 3 rings (SSSR count). The fourth-order valence-corrected chi connectivity index (χ4v) is 2.59. The molecule has 0 saturated carbocycles. The monoisotopic (exact) mass is 263 g/mol. The van der Waals surface area contributed by atoms with E-state index in [1.807, 2.05) is 36.5 Å². The minimum Gasteiger partial charge on any atom is -0.256 e. The van der Waals surface area contributed by atoms with E-state index in [9.17, 15) is 0 Å². The van der Waals surface area contributed by atoms with Crippen LogP contribution in [0.3, 0.4) is 0 Å². The highest BCUT2D eigenvalue weighted by Gasteiger charge is 2.10. The second-order valence-corrected chi connectivity index (χ2v) is 4.98. The Balaban J connectivity index is 2.25. The van der Waals surface area contributed by atoms with Crippen LogP contribution < -0.4 is 5.30 Å². The van der Waals surface area contributed by atoms with Crippen LogP contribution in [0, 0.1) is 0 Å². The van der Waals surface area contributed by atoms with Crippen molar-refractivity contribution in [2.24, 2.45) is 0 Å². The van der Waals surface area contributed by atoms with Gasteiger partial charge in [0.15, 0.2) is 0 Å². The number of hydrogen-bond acceptors (Lipinski definition) is 1. The Hall–Kier alpha value is -1.98. The molecule has 3 aromatic rings. The highest BCUT2D eigenvalue weighted by Crippen LogP contribution is 2.29. The fraction of sp³-hybridized carbons (Fsp3) is 0. The van der Waals surface area contributed by atoms with Crippen molar-refractivity contribution >= 4 is 14.5 Å². The van der Waals surface area contributed by atoms with E-state index in [1.54, 1.807) is 0 Å². The molecule has 1 nitrogen and oxygen atoms in total. The fourth-order valence-electron chi connectivity index (χ4n) is 2.20. The number of nitrogens with zero attached hydrogens (tertiary/aromatic N) is 1. The quantitative estimate of drug-likeness (QED) is 0.639. The zero-order valence-electron chi connectivity index (χ0n) is 10.5. The first-order valence-corrected chi connectivity index (χ1v) is 6.79. The van der Waals surface area contributed by atoms with Crippen molar-refractivity contribution in [2.45, 2.75) is 0 Å². The first kappa shape index (κ1) is 12.1. The van der Waals surface area contributed by atoms with Crippen LogP contribution in [0.15, 0.2) is 72.9 Å². The number of benzene rings is 2. The molecule has 1 atom stereocenters. The summed E-state index contributed by atoms with van der Waals surface area (Å²) in [4.78, 5) is 4.57. The molecule has 19 heavy (non-hydrogen) atoms. The Morgan fingerprint density at radius 2 is 1.26 bits per heavy atom. The van der Waals surface area contributed by atoms with Crippen molar-refractivity contribution in [3.05, 3.63) is 72.9 Å².